The van der Waals surface area contributed by atoms with Crippen LogP contribution in [0.2, 0.25) is 0 Å². The first-order chi connectivity index (χ1) is 17.0. The van der Waals surface area contributed by atoms with Gasteiger partial charge in [0, 0.05) is 68.0 Å². The molecule has 2 aliphatic heterocycles. The normalized spacial score (nSPS) is 16.5. The van der Waals surface area contributed by atoms with Gasteiger partial charge in [0.15, 0.2) is 5.82 Å². The van der Waals surface area contributed by atoms with Gasteiger partial charge in [0.05, 0.1) is 11.7 Å². The minimum atomic E-state index is -0.464. The van der Waals surface area contributed by atoms with Gasteiger partial charge in [0.2, 0.25) is 5.95 Å². The molecular weight excluding hydrogens is 443 g/mol. The number of fused-ring (bicyclic) bond motifs is 2. The molecule has 2 aliphatic rings. The van der Waals surface area contributed by atoms with E-state index in [4.69, 9.17) is 4.98 Å². The summed E-state index contributed by atoms with van der Waals surface area (Å²) in [5.74, 6) is 0.821. The van der Waals surface area contributed by atoms with Crippen LogP contribution < -0.4 is 10.6 Å². The Morgan fingerprint density at radius 2 is 2.00 bits per heavy atom. The Bertz CT molecular complexity index is 1410. The van der Waals surface area contributed by atoms with Crippen LogP contribution in [0.5, 0.6) is 0 Å². The molecule has 0 bridgehead atoms. The van der Waals surface area contributed by atoms with E-state index < -0.39 is 5.82 Å². The van der Waals surface area contributed by atoms with Gasteiger partial charge in [0.1, 0.15) is 11.5 Å². The standard InChI is InChI=1S/C26H29FN8/c1-15(2)25-19-10-16(4-6-22(19)33-34(25)3)24-20(27)13-29-26(32-24)31-23-7-5-17-14-35(18-11-28-12-18)9-8-21(17)30-23/h4-7,10,13,15,18,28H,8-9,11-12,14H2,1-3H3,(H,29,30,31,32). The fourth-order valence-electron chi connectivity index (χ4n) is 5.15. The van der Waals surface area contributed by atoms with Crippen molar-refractivity contribution < 1.29 is 4.39 Å². The van der Waals surface area contributed by atoms with Crippen LogP contribution in [-0.4, -0.2) is 55.3 Å². The number of pyridine rings is 1. The van der Waals surface area contributed by atoms with Gasteiger partial charge in [0.25, 0.3) is 0 Å². The summed E-state index contributed by atoms with van der Waals surface area (Å²) in [6.45, 7) is 8.34. The first-order valence-electron chi connectivity index (χ1n) is 12.2. The van der Waals surface area contributed by atoms with E-state index in [1.165, 1.54) is 11.8 Å². The fourth-order valence-corrected chi connectivity index (χ4v) is 5.15. The molecule has 6 rings (SSSR count). The lowest BCUT2D eigenvalue weighted by atomic mass is 10.0. The van der Waals surface area contributed by atoms with E-state index in [1.807, 2.05) is 36.0 Å². The van der Waals surface area contributed by atoms with E-state index in [2.05, 4.69) is 50.5 Å². The van der Waals surface area contributed by atoms with Gasteiger partial charge in [-0.25, -0.2) is 19.3 Å². The van der Waals surface area contributed by atoms with E-state index in [-0.39, 0.29) is 5.69 Å². The molecule has 5 heterocycles. The molecule has 0 saturated carbocycles. The van der Waals surface area contributed by atoms with E-state index in [0.29, 0.717) is 29.3 Å². The van der Waals surface area contributed by atoms with Gasteiger partial charge in [-0.05, 0) is 29.7 Å². The average Bonchev–Trinajstić information content (AvgIpc) is 3.14. The van der Waals surface area contributed by atoms with Crippen molar-refractivity contribution in [3.05, 3.63) is 59.3 Å². The summed E-state index contributed by atoms with van der Waals surface area (Å²) in [5.41, 5.74) is 5.31. The van der Waals surface area contributed by atoms with Crippen LogP contribution in [0.25, 0.3) is 22.2 Å². The molecule has 0 atom stereocenters. The number of aromatic nitrogens is 5. The molecule has 9 heteroatoms. The van der Waals surface area contributed by atoms with E-state index in [0.717, 1.165) is 54.9 Å². The molecule has 1 aromatic carbocycles. The summed E-state index contributed by atoms with van der Waals surface area (Å²) in [6, 6.07) is 10.4. The van der Waals surface area contributed by atoms with Crippen molar-refractivity contribution in [1.29, 1.82) is 0 Å². The Kier molecular flexibility index (Phi) is 5.46. The van der Waals surface area contributed by atoms with Gasteiger partial charge >= 0.3 is 0 Å². The number of nitrogens with one attached hydrogen (secondary N) is 2. The van der Waals surface area contributed by atoms with Crippen molar-refractivity contribution in [2.24, 2.45) is 7.05 Å². The van der Waals surface area contributed by atoms with Gasteiger partial charge in [-0.15, -0.1) is 0 Å². The zero-order valence-electron chi connectivity index (χ0n) is 20.2. The van der Waals surface area contributed by atoms with E-state index in [1.54, 1.807) is 0 Å². The first kappa shape index (κ1) is 22.1. The van der Waals surface area contributed by atoms with Crippen molar-refractivity contribution in [2.75, 3.05) is 25.0 Å². The highest BCUT2D eigenvalue weighted by Gasteiger charge is 2.28. The summed E-state index contributed by atoms with van der Waals surface area (Å²) >= 11 is 0. The second-order valence-corrected chi connectivity index (χ2v) is 9.75. The molecule has 35 heavy (non-hydrogen) atoms. The van der Waals surface area contributed by atoms with Gasteiger partial charge in [-0.3, -0.25) is 9.58 Å². The molecule has 0 spiro atoms. The van der Waals surface area contributed by atoms with Crippen LogP contribution in [-0.2, 0) is 20.0 Å². The van der Waals surface area contributed by atoms with Crippen LogP contribution in [0.3, 0.4) is 0 Å². The number of hydrogen-bond donors (Lipinski definition) is 2. The Balaban J connectivity index is 1.27. The van der Waals surface area contributed by atoms with Crippen molar-refractivity contribution in [3.63, 3.8) is 0 Å². The molecule has 0 unspecified atom stereocenters. The highest BCUT2D eigenvalue weighted by atomic mass is 19.1. The highest BCUT2D eigenvalue weighted by Crippen LogP contribution is 2.30. The molecule has 0 aliphatic carbocycles. The SMILES string of the molecule is CC(C)c1c2cc(-c3nc(Nc4ccc5c(n4)CCN(C4CNC4)C5)ncc3F)ccc2nn1C. The summed E-state index contributed by atoms with van der Waals surface area (Å²) in [4.78, 5) is 16.0. The maximum absolute atomic E-state index is 14.8. The number of aryl methyl sites for hydroxylation is 1. The maximum atomic E-state index is 14.8. The lowest BCUT2D eigenvalue weighted by Crippen LogP contribution is -2.58. The second-order valence-electron chi connectivity index (χ2n) is 9.75. The summed E-state index contributed by atoms with van der Waals surface area (Å²) in [7, 11) is 1.94. The van der Waals surface area contributed by atoms with Crippen LogP contribution in [0.1, 0.15) is 36.7 Å². The zero-order valence-corrected chi connectivity index (χ0v) is 20.2. The van der Waals surface area contributed by atoms with Crippen molar-refractivity contribution in [2.45, 2.75) is 38.8 Å². The second kappa shape index (κ2) is 8.66. The number of rotatable bonds is 5. The average molecular weight is 473 g/mol. The minimum Gasteiger partial charge on any atom is -0.314 e. The number of anilines is 2. The largest absolute Gasteiger partial charge is 0.314 e. The Labute approximate surface area is 203 Å². The van der Waals surface area contributed by atoms with Crippen molar-refractivity contribution >= 4 is 22.7 Å². The van der Waals surface area contributed by atoms with Crippen molar-refractivity contribution in [1.82, 2.24) is 34.9 Å². The Morgan fingerprint density at radius 3 is 2.77 bits per heavy atom. The molecule has 180 valence electrons. The minimum absolute atomic E-state index is 0.255. The van der Waals surface area contributed by atoms with E-state index >= 15 is 0 Å². The zero-order chi connectivity index (χ0) is 24.1. The number of hydrogen-bond acceptors (Lipinski definition) is 7. The molecule has 0 amide bonds. The lowest BCUT2D eigenvalue weighted by Gasteiger charge is -2.40. The predicted molar refractivity (Wildman–Crippen MR) is 134 cm³/mol. The molecule has 1 fully saturated rings. The van der Waals surface area contributed by atoms with Gasteiger partial charge < -0.3 is 10.6 Å². The topological polar surface area (TPSA) is 83.8 Å². The highest BCUT2D eigenvalue weighted by molar-refractivity contribution is 5.86. The Morgan fingerprint density at radius 1 is 1.14 bits per heavy atom. The number of halogens is 1. The van der Waals surface area contributed by atoms with Crippen LogP contribution >= 0.6 is 0 Å². The third kappa shape index (κ3) is 4.04. The molecular formula is C26H29FN8. The first-order valence-corrected chi connectivity index (χ1v) is 12.2. The monoisotopic (exact) mass is 472 g/mol. The van der Waals surface area contributed by atoms with E-state index in [9.17, 15) is 4.39 Å². The van der Waals surface area contributed by atoms with Gasteiger partial charge in [-0.1, -0.05) is 26.0 Å². The Hall–Kier alpha value is -3.43. The molecule has 3 aromatic heterocycles. The summed E-state index contributed by atoms with van der Waals surface area (Å²) in [5, 5.41) is 12.1. The third-order valence-corrected chi connectivity index (χ3v) is 7.04. The third-order valence-electron chi connectivity index (χ3n) is 7.04. The predicted octanol–water partition coefficient (Wildman–Crippen LogP) is 3.76. The van der Waals surface area contributed by atoms with Crippen molar-refractivity contribution in [3.8, 4) is 11.3 Å². The molecule has 4 aromatic rings. The molecule has 0 radical (unpaired) electrons. The van der Waals surface area contributed by atoms with Crippen LogP contribution in [0.15, 0.2) is 36.5 Å². The smallest absolute Gasteiger partial charge is 0.229 e. The molecule has 2 N–H and O–H groups in total. The van der Waals surface area contributed by atoms with Crippen LogP contribution in [0, 0.1) is 5.82 Å². The molecule has 1 saturated heterocycles. The van der Waals surface area contributed by atoms with Gasteiger partial charge in [-0.2, -0.15) is 5.10 Å². The lowest BCUT2D eigenvalue weighted by molar-refractivity contribution is 0.130. The fraction of sp³-hybridized carbons (Fsp3) is 0.385. The number of nitrogens with zero attached hydrogens (tertiary/aromatic N) is 6. The summed E-state index contributed by atoms with van der Waals surface area (Å²) in [6.07, 6.45) is 2.13. The maximum Gasteiger partial charge on any atom is 0.229 e. The van der Waals surface area contributed by atoms with Crippen LogP contribution in [0.4, 0.5) is 16.2 Å². The summed E-state index contributed by atoms with van der Waals surface area (Å²) < 4.78 is 16.7. The number of benzene rings is 1. The quantitative estimate of drug-likeness (QED) is 0.458. The molecule has 8 nitrogen and oxygen atoms in total.